The summed E-state index contributed by atoms with van der Waals surface area (Å²) < 4.78 is 4.71. The molecule has 0 aliphatic carbocycles. The number of hydrogen-bond acceptors (Lipinski definition) is 3. The summed E-state index contributed by atoms with van der Waals surface area (Å²) in [7, 11) is 4.66. The van der Waals surface area contributed by atoms with Gasteiger partial charge in [0.05, 0.1) is 19.3 Å². The van der Waals surface area contributed by atoms with Crippen LogP contribution in [0, 0.1) is 0 Å². The molecule has 0 aromatic rings. The maximum Gasteiger partial charge on any atom is 0.316 e. The third-order valence-corrected chi connectivity index (χ3v) is 1.40. The fourth-order valence-corrected chi connectivity index (χ4v) is 0.835. The van der Waals surface area contributed by atoms with E-state index >= 15 is 0 Å². The van der Waals surface area contributed by atoms with Crippen LogP contribution >= 0.6 is 0 Å². The van der Waals surface area contributed by atoms with Crippen LogP contribution in [0.4, 0.5) is 4.79 Å². The van der Waals surface area contributed by atoms with Crippen LogP contribution in [0.5, 0.6) is 0 Å². The Balaban J connectivity index is 3.67. The number of urea groups is 1. The molecule has 0 saturated heterocycles. The number of aliphatic hydroxyl groups excluding tert-OH is 1. The van der Waals surface area contributed by atoms with Gasteiger partial charge in [-0.2, -0.15) is 0 Å². The Morgan fingerprint density at radius 2 is 2.33 bits per heavy atom. The largest absolute Gasteiger partial charge is 0.389 e. The normalized spacial score (nSPS) is 12.3. The minimum Gasteiger partial charge on any atom is -0.389 e. The van der Waals surface area contributed by atoms with Gasteiger partial charge < -0.3 is 20.1 Å². The molecule has 5 nitrogen and oxygen atoms in total. The molecule has 0 bridgehead atoms. The number of hydrogen-bond donors (Lipinski definition) is 2. The third-order valence-electron chi connectivity index (χ3n) is 1.40. The van der Waals surface area contributed by atoms with Crippen molar-refractivity contribution < 1.29 is 14.6 Å². The zero-order valence-corrected chi connectivity index (χ0v) is 7.70. The SMILES string of the molecule is CNC(=O)N(C)CC(O)COC. The summed E-state index contributed by atoms with van der Waals surface area (Å²) in [5.41, 5.74) is 0. The highest BCUT2D eigenvalue weighted by molar-refractivity contribution is 5.73. The van der Waals surface area contributed by atoms with Crippen molar-refractivity contribution >= 4 is 6.03 Å². The van der Waals surface area contributed by atoms with E-state index < -0.39 is 6.10 Å². The van der Waals surface area contributed by atoms with Gasteiger partial charge in [0.1, 0.15) is 0 Å². The Bertz CT molecular complexity index is 141. The molecule has 0 aliphatic heterocycles. The van der Waals surface area contributed by atoms with Gasteiger partial charge in [0.25, 0.3) is 0 Å². The fraction of sp³-hybridized carbons (Fsp3) is 0.857. The minimum atomic E-state index is -0.628. The summed E-state index contributed by atoms with van der Waals surface area (Å²) in [5.74, 6) is 0. The molecule has 0 radical (unpaired) electrons. The topological polar surface area (TPSA) is 61.8 Å². The number of nitrogens with one attached hydrogen (secondary N) is 1. The highest BCUT2D eigenvalue weighted by Gasteiger charge is 2.11. The van der Waals surface area contributed by atoms with E-state index in [1.54, 1.807) is 14.1 Å². The van der Waals surface area contributed by atoms with Crippen molar-refractivity contribution in [3.05, 3.63) is 0 Å². The number of carbonyl (C=O) groups excluding carboxylic acids is 1. The summed E-state index contributed by atoms with van der Waals surface area (Å²) in [5, 5.41) is 11.7. The highest BCUT2D eigenvalue weighted by Crippen LogP contribution is 1.90. The molecule has 0 fully saturated rings. The van der Waals surface area contributed by atoms with Crippen LogP contribution in [0.1, 0.15) is 0 Å². The van der Waals surface area contributed by atoms with Crippen molar-refractivity contribution in [2.24, 2.45) is 0 Å². The van der Waals surface area contributed by atoms with Crippen molar-refractivity contribution in [2.75, 3.05) is 34.4 Å². The molecule has 2 amide bonds. The average Bonchev–Trinajstić information content (AvgIpc) is 2.03. The zero-order valence-electron chi connectivity index (χ0n) is 7.70. The standard InChI is InChI=1S/C7H16N2O3/c1-8-7(11)9(2)4-6(10)5-12-3/h6,10H,4-5H2,1-3H3,(H,8,11). The number of likely N-dealkylation sites (N-methyl/N-ethyl adjacent to an activating group) is 1. The lowest BCUT2D eigenvalue weighted by atomic mass is 10.3. The Labute approximate surface area is 72.3 Å². The van der Waals surface area contributed by atoms with Crippen molar-refractivity contribution in [3.8, 4) is 0 Å². The van der Waals surface area contributed by atoms with Crippen LogP contribution in [0.25, 0.3) is 0 Å². The number of ether oxygens (including phenoxy) is 1. The molecule has 0 spiro atoms. The number of rotatable bonds is 4. The molecule has 1 atom stereocenters. The summed E-state index contributed by atoms with van der Waals surface area (Å²) in [6, 6.07) is -0.217. The molecule has 12 heavy (non-hydrogen) atoms. The molecule has 0 aromatic carbocycles. The van der Waals surface area contributed by atoms with Crippen LogP contribution in [0.3, 0.4) is 0 Å². The summed E-state index contributed by atoms with van der Waals surface area (Å²) in [6.07, 6.45) is -0.628. The second-order valence-corrected chi connectivity index (χ2v) is 2.54. The summed E-state index contributed by atoms with van der Waals surface area (Å²) in [6.45, 7) is 0.509. The molecule has 0 heterocycles. The second-order valence-electron chi connectivity index (χ2n) is 2.54. The van der Waals surface area contributed by atoms with Gasteiger partial charge in [0, 0.05) is 21.2 Å². The van der Waals surface area contributed by atoms with Gasteiger partial charge in [-0.25, -0.2) is 4.79 Å². The van der Waals surface area contributed by atoms with Crippen LogP contribution in [-0.2, 0) is 4.74 Å². The zero-order chi connectivity index (χ0) is 9.56. The predicted octanol–water partition coefficient (Wildman–Crippen LogP) is -0.735. The quantitative estimate of drug-likeness (QED) is 0.593. The van der Waals surface area contributed by atoms with Gasteiger partial charge in [-0.05, 0) is 0 Å². The van der Waals surface area contributed by atoms with E-state index in [4.69, 9.17) is 4.74 Å². The van der Waals surface area contributed by atoms with Gasteiger partial charge in [0.2, 0.25) is 0 Å². The molecule has 72 valence electrons. The van der Waals surface area contributed by atoms with E-state index in [0.29, 0.717) is 0 Å². The Kier molecular flexibility index (Phi) is 5.40. The van der Waals surface area contributed by atoms with Crippen LogP contribution in [-0.4, -0.2) is 56.5 Å². The minimum absolute atomic E-state index is 0.217. The number of amides is 2. The first kappa shape index (κ1) is 11.2. The maximum atomic E-state index is 10.9. The first-order valence-corrected chi connectivity index (χ1v) is 3.71. The molecule has 2 N–H and O–H groups in total. The van der Waals surface area contributed by atoms with E-state index in [-0.39, 0.29) is 19.2 Å². The van der Waals surface area contributed by atoms with Crippen molar-refractivity contribution in [1.29, 1.82) is 0 Å². The molecular formula is C7H16N2O3. The van der Waals surface area contributed by atoms with Crippen molar-refractivity contribution in [1.82, 2.24) is 10.2 Å². The molecule has 0 aliphatic rings. The highest BCUT2D eigenvalue weighted by atomic mass is 16.5. The van der Waals surface area contributed by atoms with E-state index in [2.05, 4.69) is 5.32 Å². The molecule has 1 unspecified atom stereocenters. The lowest BCUT2D eigenvalue weighted by Gasteiger charge is -2.19. The molecule has 0 rings (SSSR count). The van der Waals surface area contributed by atoms with Gasteiger partial charge in [0.15, 0.2) is 0 Å². The fourth-order valence-electron chi connectivity index (χ4n) is 0.835. The van der Waals surface area contributed by atoms with Gasteiger partial charge in [-0.15, -0.1) is 0 Å². The van der Waals surface area contributed by atoms with Crippen LogP contribution in [0.2, 0.25) is 0 Å². The van der Waals surface area contributed by atoms with Gasteiger partial charge in [-0.1, -0.05) is 0 Å². The van der Waals surface area contributed by atoms with E-state index in [0.717, 1.165) is 0 Å². The number of aliphatic hydroxyl groups is 1. The Morgan fingerprint density at radius 1 is 1.75 bits per heavy atom. The Hall–Kier alpha value is -0.810. The lowest BCUT2D eigenvalue weighted by Crippen LogP contribution is -2.40. The smallest absolute Gasteiger partial charge is 0.316 e. The van der Waals surface area contributed by atoms with E-state index in [1.165, 1.54) is 12.0 Å². The number of nitrogens with zero attached hydrogens (tertiary/aromatic N) is 1. The molecule has 5 heteroatoms. The molecule has 0 aromatic heterocycles. The molecular weight excluding hydrogens is 160 g/mol. The third kappa shape index (κ3) is 4.15. The van der Waals surface area contributed by atoms with Crippen LogP contribution in [0.15, 0.2) is 0 Å². The number of methoxy groups -OCH3 is 1. The van der Waals surface area contributed by atoms with Crippen LogP contribution < -0.4 is 5.32 Å². The monoisotopic (exact) mass is 176 g/mol. The van der Waals surface area contributed by atoms with Crippen molar-refractivity contribution in [2.45, 2.75) is 6.10 Å². The lowest BCUT2D eigenvalue weighted by molar-refractivity contribution is 0.0491. The van der Waals surface area contributed by atoms with Gasteiger partial charge >= 0.3 is 6.03 Å². The first-order chi connectivity index (χ1) is 5.61. The van der Waals surface area contributed by atoms with Gasteiger partial charge in [-0.3, -0.25) is 0 Å². The molecule has 0 saturated carbocycles. The predicted molar refractivity (Wildman–Crippen MR) is 45.0 cm³/mol. The van der Waals surface area contributed by atoms with E-state index in [9.17, 15) is 9.90 Å². The maximum absolute atomic E-state index is 10.9. The average molecular weight is 176 g/mol. The summed E-state index contributed by atoms with van der Waals surface area (Å²) in [4.78, 5) is 12.3. The Morgan fingerprint density at radius 3 is 2.75 bits per heavy atom. The first-order valence-electron chi connectivity index (χ1n) is 3.71. The van der Waals surface area contributed by atoms with E-state index in [1.807, 2.05) is 0 Å². The number of carbonyl (C=O) groups is 1. The van der Waals surface area contributed by atoms with Crippen molar-refractivity contribution in [3.63, 3.8) is 0 Å². The second kappa shape index (κ2) is 5.79. The summed E-state index contributed by atoms with van der Waals surface area (Å²) >= 11 is 0.